The Morgan fingerprint density at radius 2 is 1.97 bits per heavy atom. The van der Waals surface area contributed by atoms with Crippen LogP contribution in [0.3, 0.4) is 0 Å². The van der Waals surface area contributed by atoms with E-state index in [2.05, 4.69) is 10.1 Å². The van der Waals surface area contributed by atoms with Gasteiger partial charge in [-0.15, -0.1) is 0 Å². The van der Waals surface area contributed by atoms with Crippen LogP contribution >= 0.6 is 0 Å². The van der Waals surface area contributed by atoms with Crippen molar-refractivity contribution in [1.29, 1.82) is 0 Å². The fraction of sp³-hybridized carbons (Fsp3) is 0.571. The molecule has 1 saturated heterocycles. The molecule has 5 rings (SSSR count). The standard InChI is InChI=1S/C21H26N4O5S/c1-24-18-5-4-17(12-15(18)13-20(24)26)31(27,28)25-9-6-16(7-10-25)29-11-8-19-22-21(30-23-19)14-2-3-14/h4-5,12,14,16H,2-3,6-11,13H2,1H3. The summed E-state index contributed by atoms with van der Waals surface area (Å²) in [5.41, 5.74) is 1.54. The summed E-state index contributed by atoms with van der Waals surface area (Å²) < 4.78 is 38.9. The molecule has 3 aliphatic rings. The zero-order valence-corrected chi connectivity index (χ0v) is 18.3. The summed E-state index contributed by atoms with van der Waals surface area (Å²) in [7, 11) is -1.88. The van der Waals surface area contributed by atoms with Crippen molar-refractivity contribution in [3.05, 3.63) is 35.5 Å². The molecular weight excluding hydrogens is 420 g/mol. The molecule has 1 amide bonds. The Kier molecular flexibility index (Phi) is 5.31. The third kappa shape index (κ3) is 4.11. The number of ether oxygens (including phenoxy) is 1. The van der Waals surface area contributed by atoms with Gasteiger partial charge in [-0.1, -0.05) is 5.16 Å². The first kappa shape index (κ1) is 20.6. The van der Waals surface area contributed by atoms with Gasteiger partial charge in [0.05, 0.1) is 24.0 Å². The van der Waals surface area contributed by atoms with Crippen LogP contribution in [-0.4, -0.2) is 61.6 Å². The molecule has 0 atom stereocenters. The Hall–Kier alpha value is -2.30. The minimum atomic E-state index is -3.59. The van der Waals surface area contributed by atoms with Gasteiger partial charge in [0.2, 0.25) is 21.8 Å². The second-order valence-corrected chi connectivity index (χ2v) is 10.4. The van der Waals surface area contributed by atoms with E-state index in [-0.39, 0.29) is 23.3 Å². The molecule has 3 heterocycles. The number of piperidine rings is 1. The number of hydrogen-bond acceptors (Lipinski definition) is 7. The van der Waals surface area contributed by atoms with Crippen LogP contribution in [0.25, 0.3) is 0 Å². The summed E-state index contributed by atoms with van der Waals surface area (Å²) in [6.07, 6.45) is 4.40. The maximum atomic E-state index is 13.1. The Bertz CT molecular complexity index is 1090. The van der Waals surface area contributed by atoms with Crippen LogP contribution in [0.15, 0.2) is 27.6 Å². The summed E-state index contributed by atoms with van der Waals surface area (Å²) in [5.74, 6) is 1.83. The first-order valence-corrected chi connectivity index (χ1v) is 12.2. The third-order valence-corrected chi connectivity index (χ3v) is 8.15. The number of hydrogen-bond donors (Lipinski definition) is 0. The molecule has 2 aromatic rings. The van der Waals surface area contributed by atoms with E-state index in [1.165, 1.54) is 4.31 Å². The summed E-state index contributed by atoms with van der Waals surface area (Å²) in [6.45, 7) is 1.32. The highest BCUT2D eigenvalue weighted by Crippen LogP contribution is 2.38. The third-order valence-electron chi connectivity index (χ3n) is 6.26. The van der Waals surface area contributed by atoms with E-state index in [4.69, 9.17) is 9.26 Å². The minimum Gasteiger partial charge on any atom is -0.378 e. The summed E-state index contributed by atoms with van der Waals surface area (Å²) >= 11 is 0. The Labute approximate surface area is 181 Å². The predicted octanol–water partition coefficient (Wildman–Crippen LogP) is 1.88. The van der Waals surface area contributed by atoms with Crippen LogP contribution in [0.1, 0.15) is 48.9 Å². The van der Waals surface area contributed by atoms with Crippen LogP contribution in [0, 0.1) is 0 Å². The number of amides is 1. The number of sulfonamides is 1. The molecule has 9 nitrogen and oxygen atoms in total. The minimum absolute atomic E-state index is 0.0209. The zero-order valence-electron chi connectivity index (χ0n) is 17.5. The lowest BCUT2D eigenvalue weighted by Crippen LogP contribution is -2.41. The number of carbonyl (C=O) groups excluding carboxylic acids is 1. The van der Waals surface area contributed by atoms with Crippen molar-refractivity contribution in [3.63, 3.8) is 0 Å². The van der Waals surface area contributed by atoms with Gasteiger partial charge >= 0.3 is 0 Å². The highest BCUT2D eigenvalue weighted by Gasteiger charge is 2.32. The SMILES string of the molecule is CN1C(=O)Cc2cc(S(=O)(=O)N3CCC(OCCc4noc(C5CC5)n4)CC3)ccc21. The average molecular weight is 447 g/mol. The molecule has 1 saturated carbocycles. The summed E-state index contributed by atoms with van der Waals surface area (Å²) in [4.78, 5) is 18.1. The van der Waals surface area contributed by atoms with E-state index in [0.717, 1.165) is 30.0 Å². The molecule has 1 aliphatic carbocycles. The molecule has 0 spiro atoms. The van der Waals surface area contributed by atoms with Crippen molar-refractivity contribution in [2.75, 3.05) is 31.6 Å². The quantitative estimate of drug-likeness (QED) is 0.639. The lowest BCUT2D eigenvalue weighted by atomic mass is 10.1. The van der Waals surface area contributed by atoms with Crippen molar-refractivity contribution < 1.29 is 22.5 Å². The van der Waals surface area contributed by atoms with Gasteiger partial charge in [-0.25, -0.2) is 8.42 Å². The highest BCUT2D eigenvalue weighted by atomic mass is 32.2. The van der Waals surface area contributed by atoms with Crippen LogP contribution in [0.5, 0.6) is 0 Å². The topological polar surface area (TPSA) is 106 Å². The summed E-state index contributed by atoms with van der Waals surface area (Å²) in [6, 6.07) is 4.94. The second-order valence-electron chi connectivity index (χ2n) is 8.47. The van der Waals surface area contributed by atoms with Gasteiger partial charge in [0, 0.05) is 38.2 Å². The van der Waals surface area contributed by atoms with Gasteiger partial charge in [-0.2, -0.15) is 9.29 Å². The first-order valence-electron chi connectivity index (χ1n) is 10.8. The fourth-order valence-electron chi connectivity index (χ4n) is 4.18. The van der Waals surface area contributed by atoms with E-state index in [1.54, 1.807) is 30.1 Å². The van der Waals surface area contributed by atoms with E-state index in [0.29, 0.717) is 50.7 Å². The van der Waals surface area contributed by atoms with Crippen molar-refractivity contribution in [1.82, 2.24) is 14.4 Å². The number of rotatable bonds is 7. The number of fused-ring (bicyclic) bond motifs is 1. The van der Waals surface area contributed by atoms with E-state index < -0.39 is 10.0 Å². The number of aromatic nitrogens is 2. The lowest BCUT2D eigenvalue weighted by Gasteiger charge is -2.31. The number of anilines is 1. The molecule has 166 valence electrons. The van der Waals surface area contributed by atoms with Crippen LogP contribution < -0.4 is 4.90 Å². The van der Waals surface area contributed by atoms with E-state index >= 15 is 0 Å². The van der Waals surface area contributed by atoms with Crippen molar-refractivity contribution in [2.45, 2.75) is 55.4 Å². The second kappa shape index (κ2) is 7.99. The maximum absolute atomic E-state index is 13.1. The van der Waals surface area contributed by atoms with E-state index in [1.807, 2.05) is 0 Å². The van der Waals surface area contributed by atoms with Crippen LogP contribution in [0.4, 0.5) is 5.69 Å². The number of nitrogens with zero attached hydrogens (tertiary/aromatic N) is 4. The van der Waals surface area contributed by atoms with Gasteiger partial charge in [0.25, 0.3) is 0 Å². The van der Waals surface area contributed by atoms with Crippen LogP contribution in [-0.2, 0) is 32.4 Å². The predicted molar refractivity (Wildman–Crippen MR) is 111 cm³/mol. The number of carbonyl (C=O) groups is 1. The molecule has 0 bridgehead atoms. The van der Waals surface area contributed by atoms with Gasteiger partial charge in [-0.3, -0.25) is 4.79 Å². The molecular formula is C21H26N4O5S. The lowest BCUT2D eigenvalue weighted by molar-refractivity contribution is -0.117. The Morgan fingerprint density at radius 1 is 1.19 bits per heavy atom. The number of benzene rings is 1. The van der Waals surface area contributed by atoms with E-state index in [9.17, 15) is 13.2 Å². The molecule has 0 unspecified atom stereocenters. The number of likely N-dealkylation sites (N-methyl/N-ethyl adjacent to an activating group) is 1. The Balaban J connectivity index is 1.13. The normalized spacial score (nSPS) is 20.4. The maximum Gasteiger partial charge on any atom is 0.243 e. The molecule has 1 aromatic heterocycles. The average Bonchev–Trinajstić information content (AvgIpc) is 3.44. The molecule has 2 aliphatic heterocycles. The van der Waals surface area contributed by atoms with Gasteiger partial charge in [-0.05, 0) is 49.4 Å². The zero-order chi connectivity index (χ0) is 21.6. The van der Waals surface area contributed by atoms with Gasteiger partial charge in [0.15, 0.2) is 5.82 Å². The smallest absolute Gasteiger partial charge is 0.243 e. The Morgan fingerprint density at radius 3 is 2.71 bits per heavy atom. The first-order chi connectivity index (χ1) is 14.9. The molecule has 0 radical (unpaired) electrons. The van der Waals surface area contributed by atoms with Crippen LogP contribution in [0.2, 0.25) is 0 Å². The van der Waals surface area contributed by atoms with Crippen molar-refractivity contribution >= 4 is 21.6 Å². The van der Waals surface area contributed by atoms with Gasteiger partial charge < -0.3 is 14.2 Å². The fourth-order valence-corrected chi connectivity index (χ4v) is 5.70. The highest BCUT2D eigenvalue weighted by molar-refractivity contribution is 7.89. The molecule has 1 aromatic carbocycles. The molecule has 10 heteroatoms. The summed E-state index contributed by atoms with van der Waals surface area (Å²) in [5, 5.41) is 3.99. The molecule has 2 fully saturated rings. The monoisotopic (exact) mass is 446 g/mol. The largest absolute Gasteiger partial charge is 0.378 e. The van der Waals surface area contributed by atoms with Crippen molar-refractivity contribution in [2.24, 2.45) is 0 Å². The van der Waals surface area contributed by atoms with Gasteiger partial charge in [0.1, 0.15) is 0 Å². The van der Waals surface area contributed by atoms with Crippen molar-refractivity contribution in [3.8, 4) is 0 Å². The molecule has 31 heavy (non-hydrogen) atoms. The molecule has 0 N–H and O–H groups in total.